The van der Waals surface area contributed by atoms with E-state index in [1.807, 2.05) is 104 Å². The van der Waals surface area contributed by atoms with Gasteiger partial charge >= 0.3 is 30.4 Å². The van der Waals surface area contributed by atoms with E-state index in [-0.39, 0.29) is 46.3 Å². The number of rotatable bonds is 8. The fourth-order valence-electron chi connectivity index (χ4n) is 5.42. The van der Waals surface area contributed by atoms with Crippen LogP contribution in [0.5, 0.6) is 0 Å². The zero-order valence-electron chi connectivity index (χ0n) is 31.8. The Bertz CT molecular complexity index is 1590. The Kier molecular flexibility index (Phi) is 12.9. The van der Waals surface area contributed by atoms with Crippen LogP contribution >= 0.6 is 30.4 Å². The van der Waals surface area contributed by atoms with Gasteiger partial charge in [0.2, 0.25) is 0 Å². The lowest BCUT2D eigenvalue weighted by molar-refractivity contribution is 0.0401. The molecule has 0 radical (unpaired) electrons. The van der Waals surface area contributed by atoms with Crippen LogP contribution in [0, 0.1) is 21.7 Å². The zero-order valence-corrected chi connectivity index (χ0v) is 35.4. The molecule has 4 saturated heterocycles. The van der Waals surface area contributed by atoms with Crippen LogP contribution in [0.4, 0.5) is 0 Å². The molecular formula is C36H56O12P4. The quantitative estimate of drug-likeness (QED) is 0.234. The van der Waals surface area contributed by atoms with Crippen LogP contribution in [0.1, 0.15) is 77.6 Å². The second kappa shape index (κ2) is 15.9. The molecule has 0 N–H and O–H groups in total. The Morgan fingerprint density at radius 1 is 0.404 bits per heavy atom. The number of hydrogen-bond donors (Lipinski definition) is 0. The highest BCUT2D eigenvalue weighted by Crippen LogP contribution is 2.60. The zero-order chi connectivity index (χ0) is 38.1. The molecule has 292 valence electrons. The first-order chi connectivity index (χ1) is 24.0. The van der Waals surface area contributed by atoms with E-state index in [4.69, 9.17) is 36.2 Å². The van der Waals surface area contributed by atoms with Gasteiger partial charge in [-0.05, 0) is 22.3 Å². The fraction of sp³-hybridized carbons (Fsp3) is 0.667. The lowest BCUT2D eigenvalue weighted by atomic mass is 9.97. The summed E-state index contributed by atoms with van der Waals surface area (Å²) in [6, 6.07) is 14.9. The molecule has 4 aliphatic heterocycles. The summed E-state index contributed by atoms with van der Waals surface area (Å²) in [6.07, 6.45) is 0.724. The Labute approximate surface area is 309 Å². The molecule has 16 heteroatoms. The maximum Gasteiger partial charge on any atom is 0.335 e. The lowest BCUT2D eigenvalue weighted by Crippen LogP contribution is -2.30. The van der Waals surface area contributed by atoms with Crippen LogP contribution in [0.2, 0.25) is 0 Å². The van der Waals surface area contributed by atoms with E-state index in [0.29, 0.717) is 52.9 Å². The highest BCUT2D eigenvalue weighted by Gasteiger charge is 2.41. The highest BCUT2D eigenvalue weighted by atomic mass is 31.2. The first kappa shape index (κ1) is 42.2. The van der Waals surface area contributed by atoms with Crippen molar-refractivity contribution in [3.63, 3.8) is 0 Å². The molecule has 2 aromatic carbocycles. The summed E-state index contributed by atoms with van der Waals surface area (Å²) in [5.74, 6) is 0. The fourth-order valence-corrected chi connectivity index (χ4v) is 13.6. The average Bonchev–Trinajstić information content (AvgIpc) is 3.06. The molecule has 4 fully saturated rings. The van der Waals surface area contributed by atoms with Crippen molar-refractivity contribution in [1.82, 2.24) is 0 Å². The minimum atomic E-state index is -3.21. The van der Waals surface area contributed by atoms with Crippen LogP contribution in [-0.2, 0) is 79.1 Å². The van der Waals surface area contributed by atoms with Gasteiger partial charge in [0.1, 0.15) is 0 Å². The van der Waals surface area contributed by atoms with Gasteiger partial charge in [0.15, 0.2) is 0 Å². The van der Waals surface area contributed by atoms with E-state index in [2.05, 4.69) is 0 Å². The van der Waals surface area contributed by atoms with Crippen LogP contribution < -0.4 is 0 Å². The van der Waals surface area contributed by atoms with Gasteiger partial charge in [-0.1, -0.05) is 104 Å². The molecule has 4 aliphatic rings. The standard InChI is InChI=1S/2C18H28O6P2/c1-17(2)11-21-25(19,22-12-17)9-15-6-5-7-16(8-15)10-26(20)23-13-18(3,4)14-24-26;1-17(2)11-21-25(19,22-12-17)9-15-7-5-6-8-16(15)10-26(20)23-13-18(3,4)14-24-26/h2*5-8H,9-14H2,1-4H3. The van der Waals surface area contributed by atoms with Crippen LogP contribution in [0.25, 0.3) is 0 Å². The lowest BCUT2D eigenvalue weighted by Gasteiger charge is -2.35. The van der Waals surface area contributed by atoms with Crippen molar-refractivity contribution in [2.75, 3.05) is 52.9 Å². The van der Waals surface area contributed by atoms with Crippen LogP contribution in [0.3, 0.4) is 0 Å². The molecule has 0 atom stereocenters. The summed E-state index contributed by atoms with van der Waals surface area (Å²) >= 11 is 0. The largest absolute Gasteiger partial charge is 0.335 e. The van der Waals surface area contributed by atoms with E-state index in [9.17, 15) is 18.3 Å². The number of hydrogen-bond acceptors (Lipinski definition) is 12. The smallest absolute Gasteiger partial charge is 0.308 e. The molecule has 0 saturated carbocycles. The maximum atomic E-state index is 12.9. The third-order valence-electron chi connectivity index (χ3n) is 8.81. The second-order valence-corrected chi connectivity index (χ2v) is 25.7. The van der Waals surface area contributed by atoms with E-state index in [1.54, 1.807) is 0 Å². The first-order valence-corrected chi connectivity index (χ1v) is 24.6. The predicted molar refractivity (Wildman–Crippen MR) is 201 cm³/mol. The van der Waals surface area contributed by atoms with E-state index in [0.717, 1.165) is 22.3 Å². The molecule has 0 aromatic heterocycles. The van der Waals surface area contributed by atoms with Crippen molar-refractivity contribution >= 4 is 30.4 Å². The summed E-state index contributed by atoms with van der Waals surface area (Å²) < 4.78 is 95.9. The van der Waals surface area contributed by atoms with Crippen molar-refractivity contribution in [2.45, 2.75) is 80.0 Å². The summed E-state index contributed by atoms with van der Waals surface area (Å²) in [5.41, 5.74) is 2.70. The van der Waals surface area contributed by atoms with Gasteiger partial charge in [-0.2, -0.15) is 0 Å². The summed E-state index contributed by atoms with van der Waals surface area (Å²) in [5, 5.41) is 0. The first-order valence-electron chi connectivity index (χ1n) is 17.7. The van der Waals surface area contributed by atoms with E-state index < -0.39 is 30.4 Å². The number of benzene rings is 2. The molecule has 0 spiro atoms. The molecule has 0 bridgehead atoms. The molecule has 52 heavy (non-hydrogen) atoms. The van der Waals surface area contributed by atoms with E-state index >= 15 is 0 Å². The van der Waals surface area contributed by atoms with Crippen LogP contribution in [-0.4, -0.2) is 52.9 Å². The van der Waals surface area contributed by atoms with Crippen molar-refractivity contribution in [3.05, 3.63) is 70.8 Å². The van der Waals surface area contributed by atoms with Gasteiger partial charge in [-0.15, -0.1) is 0 Å². The topological polar surface area (TPSA) is 142 Å². The Balaban J connectivity index is 0.000000201. The third-order valence-corrected chi connectivity index (χ3v) is 15.9. The average molecular weight is 805 g/mol. The van der Waals surface area contributed by atoms with Gasteiger partial charge < -0.3 is 36.2 Å². The minimum absolute atomic E-state index is 0.126. The minimum Gasteiger partial charge on any atom is -0.308 e. The summed E-state index contributed by atoms with van der Waals surface area (Å²) in [4.78, 5) is 0. The van der Waals surface area contributed by atoms with Gasteiger partial charge in [0, 0.05) is 21.7 Å². The molecule has 4 heterocycles. The molecule has 0 amide bonds. The highest BCUT2D eigenvalue weighted by molar-refractivity contribution is 7.54. The molecule has 0 aliphatic carbocycles. The Morgan fingerprint density at radius 2 is 0.654 bits per heavy atom. The molecule has 0 unspecified atom stereocenters. The molecule has 12 nitrogen and oxygen atoms in total. The summed E-state index contributed by atoms with van der Waals surface area (Å²) in [6.45, 7) is 19.3. The Hall–Kier alpha value is -0.960. The van der Waals surface area contributed by atoms with Crippen molar-refractivity contribution in [3.8, 4) is 0 Å². The molecular weight excluding hydrogens is 748 g/mol. The molecule has 2 aromatic rings. The Morgan fingerprint density at radius 3 is 0.923 bits per heavy atom. The van der Waals surface area contributed by atoms with E-state index in [1.165, 1.54) is 0 Å². The maximum absolute atomic E-state index is 12.9. The van der Waals surface area contributed by atoms with Gasteiger partial charge in [-0.25, -0.2) is 0 Å². The molecule has 6 rings (SSSR count). The summed E-state index contributed by atoms with van der Waals surface area (Å²) in [7, 11) is -12.7. The van der Waals surface area contributed by atoms with Gasteiger partial charge in [-0.3, -0.25) is 18.3 Å². The second-order valence-electron chi connectivity index (χ2n) is 17.5. The third kappa shape index (κ3) is 12.3. The normalized spacial score (nSPS) is 26.3. The monoisotopic (exact) mass is 804 g/mol. The van der Waals surface area contributed by atoms with Gasteiger partial charge in [0.05, 0.1) is 77.5 Å². The van der Waals surface area contributed by atoms with Crippen molar-refractivity contribution < 1.29 is 54.5 Å². The predicted octanol–water partition coefficient (Wildman–Crippen LogP) is 10.4. The van der Waals surface area contributed by atoms with Crippen molar-refractivity contribution in [1.29, 1.82) is 0 Å². The van der Waals surface area contributed by atoms with Crippen LogP contribution in [0.15, 0.2) is 48.5 Å². The van der Waals surface area contributed by atoms with Gasteiger partial charge in [0.25, 0.3) is 0 Å². The van der Waals surface area contributed by atoms with Crippen molar-refractivity contribution in [2.24, 2.45) is 21.7 Å². The SMILES string of the molecule is CC1(C)COP(=O)(Cc2cccc(CP3(=O)OCC(C)(C)CO3)c2)OC1.CC1(C)COP(=O)(Cc2ccccc2CP2(=O)OCC(C)(C)CO2)OC1.